The quantitative estimate of drug-likeness (QED) is 0.124. The van der Waals surface area contributed by atoms with E-state index in [2.05, 4.69) is 165 Å². The normalized spacial score (nSPS) is 11.8. The van der Waals surface area contributed by atoms with Crippen molar-refractivity contribution < 1.29 is 24.5 Å². The molecule has 0 N–H and O–H groups in total. The van der Waals surface area contributed by atoms with Gasteiger partial charge in [0, 0.05) is 43.8 Å². The van der Waals surface area contributed by atoms with Gasteiger partial charge in [0.25, 0.3) is 0 Å². The maximum Gasteiger partial charge on any atom is 0.120 e. The van der Waals surface area contributed by atoms with Crippen LogP contribution in [0.1, 0.15) is 29.5 Å². The second kappa shape index (κ2) is 15.5. The minimum Gasteiger partial charge on any atom is -0.501 e. The molecule has 1 unspecified atom stereocenters. The second-order valence-corrected chi connectivity index (χ2v) is 18.8. The van der Waals surface area contributed by atoms with Crippen LogP contribution in [0.2, 0.25) is 19.6 Å². The molecule has 1 atom stereocenters. The zero-order valence-electron chi connectivity index (χ0n) is 29.6. The van der Waals surface area contributed by atoms with Crippen LogP contribution in [0.25, 0.3) is 55.6 Å². The van der Waals surface area contributed by atoms with Gasteiger partial charge >= 0.3 is 0 Å². The molecule has 0 aliphatic carbocycles. The molecule has 3 heterocycles. The Bertz CT molecular complexity index is 2380. The first kappa shape index (κ1) is 35.9. The Morgan fingerprint density at radius 2 is 1.39 bits per heavy atom. The van der Waals surface area contributed by atoms with Crippen molar-refractivity contribution in [1.29, 1.82) is 0 Å². The minimum atomic E-state index is -1.27. The van der Waals surface area contributed by atoms with Crippen molar-refractivity contribution in [3.05, 3.63) is 175 Å². The predicted octanol–water partition coefficient (Wildman–Crippen LogP) is 11.7. The van der Waals surface area contributed by atoms with Crippen LogP contribution in [0.4, 0.5) is 0 Å². The fraction of sp³-hybridized carbons (Fsp3) is 0.130. The third-order valence-corrected chi connectivity index (χ3v) is 11.4. The van der Waals surface area contributed by atoms with Crippen LogP contribution in [0, 0.1) is 19.1 Å². The third-order valence-electron chi connectivity index (χ3n) is 9.28. The topological polar surface area (TPSA) is 38.9 Å². The van der Waals surface area contributed by atoms with Crippen LogP contribution in [0.3, 0.4) is 0 Å². The molecule has 0 aliphatic heterocycles. The molecule has 0 saturated carbocycles. The van der Waals surface area contributed by atoms with E-state index in [1.54, 1.807) is 0 Å². The van der Waals surface area contributed by atoms with Gasteiger partial charge in [-0.25, -0.2) is 0 Å². The molecule has 1 radical (unpaired) electrons. The van der Waals surface area contributed by atoms with Crippen LogP contribution >= 0.6 is 0 Å². The maximum absolute atomic E-state index is 6.34. The number of aromatic nitrogens is 2. The Balaban J connectivity index is 0.000000211. The van der Waals surface area contributed by atoms with Gasteiger partial charge in [-0.15, -0.1) is 54.1 Å². The molecular formula is C46H40IrN2OSi-2. The summed E-state index contributed by atoms with van der Waals surface area (Å²) in [6.07, 6.45) is 3.94. The predicted molar refractivity (Wildman–Crippen MR) is 211 cm³/mol. The van der Waals surface area contributed by atoms with Crippen molar-refractivity contribution in [2.75, 3.05) is 0 Å². The Morgan fingerprint density at radius 3 is 2.10 bits per heavy atom. The number of furan rings is 1. The average molecular weight is 857 g/mol. The molecule has 0 amide bonds. The zero-order valence-corrected chi connectivity index (χ0v) is 33.0. The number of hydrogen-bond donors (Lipinski definition) is 0. The second-order valence-electron chi connectivity index (χ2n) is 13.8. The molecule has 51 heavy (non-hydrogen) atoms. The minimum absolute atomic E-state index is 0. The summed E-state index contributed by atoms with van der Waals surface area (Å²) in [6, 6.07) is 52.4. The van der Waals surface area contributed by atoms with Crippen molar-refractivity contribution in [2.24, 2.45) is 0 Å². The summed E-state index contributed by atoms with van der Waals surface area (Å²) in [5.41, 5.74) is 11.8. The first-order valence-corrected chi connectivity index (χ1v) is 20.6. The van der Waals surface area contributed by atoms with E-state index in [1.807, 2.05) is 36.5 Å². The molecule has 0 aliphatic rings. The van der Waals surface area contributed by atoms with Crippen LogP contribution in [0.5, 0.6) is 0 Å². The van der Waals surface area contributed by atoms with E-state index in [0.29, 0.717) is 0 Å². The standard InChI is InChI=1S/C31H22NO.C15H18NSi.Ir/c1-21(22-9-4-2-5-10-22)24-17-18-32-29(20-24)27-14-8-13-26-28-19-25(23-11-6-3-7-12-23)15-16-30(28)33-31(26)27;1-12-10-14(13-8-6-5-7-9-13)16-11-15(12)17(2,3)4;/h2-13,15-21H,1H3;5-8,10-11H,1-4H3;/q2*-1;. The monoisotopic (exact) mass is 857 g/mol. The maximum atomic E-state index is 6.34. The largest absolute Gasteiger partial charge is 0.501 e. The van der Waals surface area contributed by atoms with Gasteiger partial charge in [0.05, 0.1) is 13.7 Å². The van der Waals surface area contributed by atoms with Gasteiger partial charge in [0.2, 0.25) is 0 Å². The molecule has 5 heteroatoms. The number of fused-ring (bicyclic) bond motifs is 3. The number of hydrogen-bond acceptors (Lipinski definition) is 3. The molecule has 3 aromatic heterocycles. The van der Waals surface area contributed by atoms with Gasteiger partial charge in [0.1, 0.15) is 5.58 Å². The fourth-order valence-corrected chi connectivity index (χ4v) is 8.28. The summed E-state index contributed by atoms with van der Waals surface area (Å²) in [5.74, 6) is 0.274. The molecule has 0 saturated heterocycles. The zero-order chi connectivity index (χ0) is 34.7. The van der Waals surface area contributed by atoms with Crippen LogP contribution in [-0.2, 0) is 20.1 Å². The fourth-order valence-electron chi connectivity index (χ4n) is 6.57. The van der Waals surface area contributed by atoms with Crippen LogP contribution < -0.4 is 5.19 Å². The Labute approximate surface area is 315 Å². The summed E-state index contributed by atoms with van der Waals surface area (Å²) in [5, 5.41) is 3.63. The molecule has 0 fully saturated rings. The van der Waals surface area contributed by atoms with Gasteiger partial charge < -0.3 is 14.4 Å². The van der Waals surface area contributed by atoms with Crippen molar-refractivity contribution in [2.45, 2.75) is 39.4 Å². The molecule has 0 spiro atoms. The average Bonchev–Trinajstić information content (AvgIpc) is 3.54. The number of rotatable bonds is 6. The van der Waals surface area contributed by atoms with E-state index in [9.17, 15) is 0 Å². The van der Waals surface area contributed by atoms with Gasteiger partial charge in [-0.05, 0) is 64.0 Å². The van der Waals surface area contributed by atoms with Crippen molar-refractivity contribution >= 4 is 35.2 Å². The summed E-state index contributed by atoms with van der Waals surface area (Å²) < 4.78 is 6.34. The Hall–Kier alpha value is -4.93. The van der Waals surface area contributed by atoms with E-state index in [0.717, 1.165) is 44.5 Å². The summed E-state index contributed by atoms with van der Waals surface area (Å²) in [7, 11) is -1.27. The number of nitrogens with zero attached hydrogens (tertiary/aromatic N) is 2. The van der Waals surface area contributed by atoms with E-state index in [4.69, 9.17) is 4.42 Å². The number of pyridine rings is 2. The molecule has 8 aromatic rings. The van der Waals surface area contributed by atoms with Crippen molar-refractivity contribution in [3.63, 3.8) is 0 Å². The van der Waals surface area contributed by atoms with Gasteiger partial charge in [-0.3, -0.25) is 0 Å². The van der Waals surface area contributed by atoms with Crippen molar-refractivity contribution in [3.8, 4) is 33.6 Å². The van der Waals surface area contributed by atoms with E-state index < -0.39 is 8.07 Å². The summed E-state index contributed by atoms with van der Waals surface area (Å²) in [4.78, 5) is 9.26. The van der Waals surface area contributed by atoms with Crippen LogP contribution in [-0.4, -0.2) is 18.0 Å². The summed E-state index contributed by atoms with van der Waals surface area (Å²) in [6.45, 7) is 11.5. The molecular weight excluding hydrogens is 817 g/mol. The summed E-state index contributed by atoms with van der Waals surface area (Å²) >= 11 is 0. The first-order chi connectivity index (χ1) is 24.3. The molecule has 3 nitrogen and oxygen atoms in total. The molecule has 5 aromatic carbocycles. The molecule has 8 rings (SSSR count). The third kappa shape index (κ3) is 7.87. The smallest absolute Gasteiger partial charge is 0.120 e. The SMILES string of the molecule is CC(c1ccccc1)c1ccnc(-c2[c-]ccc3c2oc2ccc(-c4ccccc4)cc23)c1.Cc1cc(-c2[c-]cccc2)ncc1[Si](C)(C)C.[Ir]. The van der Waals surface area contributed by atoms with Crippen molar-refractivity contribution in [1.82, 2.24) is 9.97 Å². The van der Waals surface area contributed by atoms with E-state index >= 15 is 0 Å². The molecule has 255 valence electrons. The van der Waals surface area contributed by atoms with Gasteiger partial charge in [-0.1, -0.05) is 122 Å². The number of benzene rings is 5. The number of aryl methyl sites for hydroxylation is 1. The van der Waals surface area contributed by atoms with E-state index in [1.165, 1.54) is 33.0 Å². The van der Waals surface area contributed by atoms with Crippen LogP contribution in [0.15, 0.2) is 150 Å². The molecule has 0 bridgehead atoms. The Morgan fingerprint density at radius 1 is 0.647 bits per heavy atom. The van der Waals surface area contributed by atoms with Gasteiger partial charge in [-0.2, -0.15) is 0 Å². The first-order valence-electron chi connectivity index (χ1n) is 17.1. The van der Waals surface area contributed by atoms with Gasteiger partial charge in [0.15, 0.2) is 0 Å². The Kier molecular flexibility index (Phi) is 10.9. The van der Waals surface area contributed by atoms with E-state index in [-0.39, 0.29) is 26.0 Å².